The maximum atomic E-state index is 10.3. The second kappa shape index (κ2) is 5.58. The number of aliphatic carboxylic acids is 1. The van der Waals surface area contributed by atoms with E-state index >= 15 is 0 Å². The topological polar surface area (TPSA) is 37.3 Å². The molecule has 1 N–H and O–H groups in total. The first-order chi connectivity index (χ1) is 5.54. The zero-order valence-electron chi connectivity index (χ0n) is 7.92. The molecule has 0 heterocycles. The largest absolute Gasteiger partial charge is 0.478 e. The highest BCUT2D eigenvalue weighted by molar-refractivity contribution is 5.85. The number of carbonyl (C=O) groups is 1. The SMILES string of the molecule is CC(C)=CCCC=C(C)C(=O)O. The Kier molecular flexibility index (Phi) is 5.09. The summed E-state index contributed by atoms with van der Waals surface area (Å²) in [6, 6.07) is 0. The molecular weight excluding hydrogens is 152 g/mol. The van der Waals surface area contributed by atoms with E-state index in [0.717, 1.165) is 12.8 Å². The summed E-state index contributed by atoms with van der Waals surface area (Å²) in [4.78, 5) is 10.3. The van der Waals surface area contributed by atoms with E-state index in [1.807, 2.05) is 13.8 Å². The average Bonchev–Trinajstić information content (AvgIpc) is 1.97. The highest BCUT2D eigenvalue weighted by atomic mass is 16.4. The third-order valence-electron chi connectivity index (χ3n) is 1.51. The third kappa shape index (κ3) is 5.71. The number of rotatable bonds is 4. The maximum absolute atomic E-state index is 10.3. The number of carboxylic acid groups (broad SMARTS) is 1. The molecule has 0 aromatic heterocycles. The van der Waals surface area contributed by atoms with Crippen LogP contribution in [-0.4, -0.2) is 11.1 Å². The number of allylic oxidation sites excluding steroid dienone is 3. The van der Waals surface area contributed by atoms with Crippen LogP contribution >= 0.6 is 0 Å². The van der Waals surface area contributed by atoms with E-state index in [0.29, 0.717) is 5.57 Å². The first-order valence-corrected chi connectivity index (χ1v) is 4.07. The van der Waals surface area contributed by atoms with Gasteiger partial charge in [0.05, 0.1) is 0 Å². The standard InChI is InChI=1S/C10H16O2/c1-8(2)6-4-5-7-9(3)10(11)12/h6-7H,4-5H2,1-3H3,(H,11,12). The Morgan fingerprint density at radius 3 is 2.08 bits per heavy atom. The van der Waals surface area contributed by atoms with Gasteiger partial charge in [-0.05, 0) is 33.6 Å². The zero-order valence-corrected chi connectivity index (χ0v) is 7.92. The Balaban J connectivity index is 3.75. The summed E-state index contributed by atoms with van der Waals surface area (Å²) >= 11 is 0. The van der Waals surface area contributed by atoms with E-state index in [2.05, 4.69) is 6.08 Å². The highest BCUT2D eigenvalue weighted by Crippen LogP contribution is 2.01. The minimum atomic E-state index is -0.827. The van der Waals surface area contributed by atoms with Crippen molar-refractivity contribution in [1.29, 1.82) is 0 Å². The molecular formula is C10H16O2. The Morgan fingerprint density at radius 1 is 1.17 bits per heavy atom. The summed E-state index contributed by atoms with van der Waals surface area (Å²) in [6.07, 6.45) is 5.59. The molecule has 0 radical (unpaired) electrons. The van der Waals surface area contributed by atoms with Crippen molar-refractivity contribution in [3.8, 4) is 0 Å². The molecule has 0 rings (SSSR count). The summed E-state index contributed by atoms with van der Waals surface area (Å²) < 4.78 is 0. The van der Waals surface area contributed by atoms with Crippen LogP contribution in [0, 0.1) is 0 Å². The molecule has 0 spiro atoms. The fourth-order valence-electron chi connectivity index (χ4n) is 0.759. The monoisotopic (exact) mass is 168 g/mol. The summed E-state index contributed by atoms with van der Waals surface area (Å²) in [5, 5.41) is 8.51. The minimum Gasteiger partial charge on any atom is -0.478 e. The van der Waals surface area contributed by atoms with Gasteiger partial charge in [-0.2, -0.15) is 0 Å². The lowest BCUT2D eigenvalue weighted by molar-refractivity contribution is -0.132. The molecule has 0 unspecified atom stereocenters. The highest BCUT2D eigenvalue weighted by Gasteiger charge is 1.96. The van der Waals surface area contributed by atoms with Crippen molar-refractivity contribution in [1.82, 2.24) is 0 Å². The molecule has 0 saturated carbocycles. The molecule has 68 valence electrons. The van der Waals surface area contributed by atoms with Gasteiger partial charge in [-0.3, -0.25) is 0 Å². The fraction of sp³-hybridized carbons (Fsp3) is 0.500. The predicted octanol–water partition coefficient (Wildman–Crippen LogP) is 2.76. The Hall–Kier alpha value is -1.05. The summed E-state index contributed by atoms with van der Waals surface area (Å²) in [5.41, 5.74) is 1.70. The van der Waals surface area contributed by atoms with Crippen LogP contribution in [0.4, 0.5) is 0 Å². The van der Waals surface area contributed by atoms with E-state index in [4.69, 9.17) is 5.11 Å². The molecule has 2 heteroatoms. The molecule has 0 aromatic rings. The zero-order chi connectivity index (χ0) is 9.56. The Bertz CT molecular complexity index is 208. The molecule has 0 aromatic carbocycles. The van der Waals surface area contributed by atoms with Gasteiger partial charge in [-0.25, -0.2) is 4.79 Å². The molecule has 0 aliphatic heterocycles. The van der Waals surface area contributed by atoms with Gasteiger partial charge in [0.2, 0.25) is 0 Å². The van der Waals surface area contributed by atoms with E-state index in [-0.39, 0.29) is 0 Å². The van der Waals surface area contributed by atoms with Crippen LogP contribution in [-0.2, 0) is 4.79 Å². The summed E-state index contributed by atoms with van der Waals surface area (Å²) in [7, 11) is 0. The van der Waals surface area contributed by atoms with Gasteiger partial charge in [-0.1, -0.05) is 17.7 Å². The lowest BCUT2D eigenvalue weighted by atomic mass is 10.2. The summed E-state index contributed by atoms with van der Waals surface area (Å²) in [5.74, 6) is -0.827. The van der Waals surface area contributed by atoms with E-state index in [1.54, 1.807) is 13.0 Å². The van der Waals surface area contributed by atoms with E-state index < -0.39 is 5.97 Å². The Morgan fingerprint density at radius 2 is 1.67 bits per heavy atom. The number of hydrogen-bond acceptors (Lipinski definition) is 1. The lowest BCUT2D eigenvalue weighted by Crippen LogP contribution is -1.95. The molecule has 0 amide bonds. The van der Waals surface area contributed by atoms with Gasteiger partial charge in [0.15, 0.2) is 0 Å². The van der Waals surface area contributed by atoms with Gasteiger partial charge >= 0.3 is 5.97 Å². The van der Waals surface area contributed by atoms with Crippen LogP contribution in [0.2, 0.25) is 0 Å². The fourth-order valence-corrected chi connectivity index (χ4v) is 0.759. The van der Waals surface area contributed by atoms with E-state index in [9.17, 15) is 4.79 Å². The van der Waals surface area contributed by atoms with Crippen LogP contribution in [0.5, 0.6) is 0 Å². The van der Waals surface area contributed by atoms with Gasteiger partial charge < -0.3 is 5.11 Å². The maximum Gasteiger partial charge on any atom is 0.330 e. The van der Waals surface area contributed by atoms with Gasteiger partial charge in [0, 0.05) is 5.57 Å². The molecule has 12 heavy (non-hydrogen) atoms. The van der Waals surface area contributed by atoms with Crippen molar-refractivity contribution in [2.24, 2.45) is 0 Å². The third-order valence-corrected chi connectivity index (χ3v) is 1.51. The minimum absolute atomic E-state index is 0.428. The van der Waals surface area contributed by atoms with Crippen LogP contribution in [0.1, 0.15) is 33.6 Å². The van der Waals surface area contributed by atoms with Gasteiger partial charge in [0.25, 0.3) is 0 Å². The van der Waals surface area contributed by atoms with Crippen molar-refractivity contribution in [2.75, 3.05) is 0 Å². The van der Waals surface area contributed by atoms with Gasteiger partial charge in [-0.15, -0.1) is 0 Å². The number of unbranched alkanes of at least 4 members (excludes halogenated alkanes) is 1. The first kappa shape index (κ1) is 11.0. The van der Waals surface area contributed by atoms with E-state index in [1.165, 1.54) is 5.57 Å². The van der Waals surface area contributed by atoms with Crippen LogP contribution in [0.15, 0.2) is 23.3 Å². The molecule has 0 atom stereocenters. The van der Waals surface area contributed by atoms with Crippen molar-refractivity contribution in [3.63, 3.8) is 0 Å². The van der Waals surface area contributed by atoms with Crippen molar-refractivity contribution >= 4 is 5.97 Å². The van der Waals surface area contributed by atoms with Crippen molar-refractivity contribution in [2.45, 2.75) is 33.6 Å². The van der Waals surface area contributed by atoms with Crippen LogP contribution < -0.4 is 0 Å². The molecule has 0 aliphatic carbocycles. The predicted molar refractivity (Wildman–Crippen MR) is 50.1 cm³/mol. The average molecular weight is 168 g/mol. The molecule has 0 bridgehead atoms. The quantitative estimate of drug-likeness (QED) is 0.398. The lowest BCUT2D eigenvalue weighted by Gasteiger charge is -1.92. The molecule has 0 saturated heterocycles. The summed E-state index contributed by atoms with van der Waals surface area (Å²) in [6.45, 7) is 5.69. The second-order valence-corrected chi connectivity index (χ2v) is 3.05. The molecule has 0 aliphatic rings. The Labute approximate surface area is 73.6 Å². The van der Waals surface area contributed by atoms with Crippen molar-refractivity contribution in [3.05, 3.63) is 23.3 Å². The first-order valence-electron chi connectivity index (χ1n) is 4.07. The van der Waals surface area contributed by atoms with Crippen LogP contribution in [0.25, 0.3) is 0 Å². The van der Waals surface area contributed by atoms with Gasteiger partial charge in [0.1, 0.15) is 0 Å². The molecule has 0 fully saturated rings. The number of carboxylic acids is 1. The van der Waals surface area contributed by atoms with Crippen LogP contribution in [0.3, 0.4) is 0 Å². The smallest absolute Gasteiger partial charge is 0.330 e. The van der Waals surface area contributed by atoms with Crippen molar-refractivity contribution < 1.29 is 9.90 Å². The second-order valence-electron chi connectivity index (χ2n) is 3.05. The molecule has 2 nitrogen and oxygen atoms in total. The normalized spacial score (nSPS) is 11.1. The number of hydrogen-bond donors (Lipinski definition) is 1.